The lowest BCUT2D eigenvalue weighted by Crippen LogP contribution is -2.27. The summed E-state index contributed by atoms with van der Waals surface area (Å²) in [6, 6.07) is 24.9. The van der Waals surface area contributed by atoms with Crippen LogP contribution in [-0.2, 0) is 14.1 Å². The summed E-state index contributed by atoms with van der Waals surface area (Å²) in [6.45, 7) is 3.72. The molecule has 0 fully saturated rings. The number of anilines is 1. The standard InChI is InChI=1S/C29H29N5O3/c1-19-25(28(36)33(31(19)3)21-13-7-5-8-14-21)27(23-17-11-12-18-24(23)35)30-26-20(2)32(4)34(29(26)37)22-15-9-6-10-16-22/h5-18,27,30,35H,1-4H3. The normalized spacial score (nSPS) is 12.0. The van der Waals surface area contributed by atoms with Gasteiger partial charge in [-0.25, -0.2) is 9.36 Å². The summed E-state index contributed by atoms with van der Waals surface area (Å²) in [5, 5.41) is 14.2. The Morgan fingerprint density at radius 1 is 0.676 bits per heavy atom. The highest BCUT2D eigenvalue weighted by molar-refractivity contribution is 5.56. The molecule has 0 bridgehead atoms. The molecule has 2 aromatic heterocycles. The first-order valence-corrected chi connectivity index (χ1v) is 12.0. The maximum atomic E-state index is 13.9. The summed E-state index contributed by atoms with van der Waals surface area (Å²) in [5.74, 6) is 0.0332. The fraction of sp³-hybridized carbons (Fsp3) is 0.172. The molecule has 0 aliphatic carbocycles. The van der Waals surface area contributed by atoms with Gasteiger partial charge >= 0.3 is 0 Å². The third-order valence-electron chi connectivity index (χ3n) is 6.98. The minimum Gasteiger partial charge on any atom is -0.508 e. The molecule has 0 saturated heterocycles. The molecule has 0 aliphatic heterocycles. The summed E-state index contributed by atoms with van der Waals surface area (Å²) in [5.41, 5.74) is 3.69. The second-order valence-corrected chi connectivity index (χ2v) is 9.05. The van der Waals surface area contributed by atoms with Crippen molar-refractivity contribution in [3.05, 3.63) is 128 Å². The number of nitrogens with one attached hydrogen (secondary N) is 1. The molecule has 0 aliphatic rings. The van der Waals surface area contributed by atoms with Crippen LogP contribution < -0.4 is 16.4 Å². The molecule has 188 valence electrons. The van der Waals surface area contributed by atoms with E-state index in [9.17, 15) is 14.7 Å². The summed E-state index contributed by atoms with van der Waals surface area (Å²) in [7, 11) is 3.64. The Kier molecular flexibility index (Phi) is 6.09. The number of rotatable bonds is 6. The minimum absolute atomic E-state index is 0.0332. The van der Waals surface area contributed by atoms with Crippen molar-refractivity contribution in [3.8, 4) is 17.1 Å². The van der Waals surface area contributed by atoms with Crippen molar-refractivity contribution in [3.63, 3.8) is 0 Å². The molecule has 1 unspecified atom stereocenters. The Morgan fingerprint density at radius 3 is 1.73 bits per heavy atom. The molecule has 2 N–H and O–H groups in total. The van der Waals surface area contributed by atoms with Crippen LogP contribution in [0, 0.1) is 13.8 Å². The lowest BCUT2D eigenvalue weighted by molar-refractivity contribution is 0.466. The molecule has 8 nitrogen and oxygen atoms in total. The number of phenols is 1. The Bertz CT molecular complexity index is 1690. The zero-order valence-electron chi connectivity index (χ0n) is 21.2. The lowest BCUT2D eigenvalue weighted by atomic mass is 9.97. The second-order valence-electron chi connectivity index (χ2n) is 9.05. The van der Waals surface area contributed by atoms with Gasteiger partial charge in [-0.1, -0.05) is 54.6 Å². The average molecular weight is 496 g/mol. The van der Waals surface area contributed by atoms with Crippen LogP contribution in [0.15, 0.2) is 94.5 Å². The van der Waals surface area contributed by atoms with Crippen LogP contribution in [0.3, 0.4) is 0 Å². The van der Waals surface area contributed by atoms with Crippen LogP contribution in [0.4, 0.5) is 5.69 Å². The minimum atomic E-state index is -0.775. The topological polar surface area (TPSA) is 86.1 Å². The van der Waals surface area contributed by atoms with E-state index in [2.05, 4.69) is 5.32 Å². The van der Waals surface area contributed by atoms with Crippen molar-refractivity contribution in [2.45, 2.75) is 19.9 Å². The van der Waals surface area contributed by atoms with Gasteiger partial charge in [0.1, 0.15) is 11.4 Å². The van der Waals surface area contributed by atoms with E-state index in [1.165, 1.54) is 0 Å². The molecule has 1 atom stereocenters. The van der Waals surface area contributed by atoms with Gasteiger partial charge in [0.2, 0.25) is 0 Å². The maximum Gasteiger partial charge on any atom is 0.295 e. The molecule has 5 rings (SSSR count). The van der Waals surface area contributed by atoms with Crippen molar-refractivity contribution < 1.29 is 5.11 Å². The quantitative estimate of drug-likeness (QED) is 0.370. The molecule has 3 aromatic carbocycles. The smallest absolute Gasteiger partial charge is 0.295 e. The number of nitrogens with zero attached hydrogens (tertiary/aromatic N) is 4. The summed E-state index contributed by atoms with van der Waals surface area (Å²) >= 11 is 0. The van der Waals surface area contributed by atoms with E-state index in [0.717, 1.165) is 11.4 Å². The van der Waals surface area contributed by atoms with Crippen LogP contribution in [0.25, 0.3) is 11.4 Å². The molecule has 0 amide bonds. The van der Waals surface area contributed by atoms with Crippen LogP contribution in [-0.4, -0.2) is 23.8 Å². The highest BCUT2D eigenvalue weighted by atomic mass is 16.3. The van der Waals surface area contributed by atoms with Gasteiger partial charge in [0.25, 0.3) is 11.1 Å². The van der Waals surface area contributed by atoms with Gasteiger partial charge in [-0.15, -0.1) is 0 Å². The third kappa shape index (κ3) is 3.96. The summed E-state index contributed by atoms with van der Waals surface area (Å²) < 4.78 is 6.75. The predicted octanol–water partition coefficient (Wildman–Crippen LogP) is 4.19. The largest absolute Gasteiger partial charge is 0.508 e. The van der Waals surface area contributed by atoms with Crippen molar-refractivity contribution in [1.29, 1.82) is 0 Å². The summed E-state index contributed by atoms with van der Waals surface area (Å²) in [4.78, 5) is 27.6. The van der Waals surface area contributed by atoms with Crippen LogP contribution in [0.2, 0.25) is 0 Å². The van der Waals surface area contributed by atoms with E-state index in [1.54, 1.807) is 43.0 Å². The van der Waals surface area contributed by atoms with Crippen molar-refractivity contribution >= 4 is 5.69 Å². The van der Waals surface area contributed by atoms with E-state index in [0.29, 0.717) is 28.2 Å². The van der Waals surface area contributed by atoms with E-state index in [4.69, 9.17) is 0 Å². The molecule has 0 radical (unpaired) electrons. The predicted molar refractivity (Wildman–Crippen MR) is 145 cm³/mol. The van der Waals surface area contributed by atoms with Crippen molar-refractivity contribution in [2.75, 3.05) is 5.32 Å². The van der Waals surface area contributed by atoms with Crippen LogP contribution in [0.1, 0.15) is 28.6 Å². The number of aromatic hydroxyl groups is 1. The number of hydrogen-bond donors (Lipinski definition) is 2. The van der Waals surface area contributed by atoms with Crippen LogP contribution in [0.5, 0.6) is 5.75 Å². The Labute approximate surface area is 214 Å². The van der Waals surface area contributed by atoms with E-state index in [-0.39, 0.29) is 16.9 Å². The number of phenolic OH excluding ortho intramolecular Hbond substituents is 1. The van der Waals surface area contributed by atoms with Crippen molar-refractivity contribution in [1.82, 2.24) is 18.7 Å². The zero-order valence-corrected chi connectivity index (χ0v) is 21.2. The fourth-order valence-corrected chi connectivity index (χ4v) is 4.84. The first-order valence-electron chi connectivity index (χ1n) is 12.0. The summed E-state index contributed by atoms with van der Waals surface area (Å²) in [6.07, 6.45) is 0. The molecule has 0 spiro atoms. The van der Waals surface area contributed by atoms with E-state index in [1.807, 2.05) is 88.6 Å². The highest BCUT2D eigenvalue weighted by Crippen LogP contribution is 2.33. The maximum absolute atomic E-state index is 13.9. The van der Waals surface area contributed by atoms with Crippen LogP contribution >= 0.6 is 0 Å². The van der Waals surface area contributed by atoms with E-state index < -0.39 is 6.04 Å². The van der Waals surface area contributed by atoms with Gasteiger partial charge < -0.3 is 10.4 Å². The number of aromatic nitrogens is 4. The Balaban J connectivity index is 1.72. The molecule has 2 heterocycles. The van der Waals surface area contributed by atoms with Crippen molar-refractivity contribution in [2.24, 2.45) is 14.1 Å². The van der Waals surface area contributed by atoms with Gasteiger partial charge in [-0.2, -0.15) is 0 Å². The zero-order chi connectivity index (χ0) is 26.3. The molecular formula is C29H29N5O3. The monoisotopic (exact) mass is 495 g/mol. The number of hydrogen-bond acceptors (Lipinski definition) is 4. The average Bonchev–Trinajstić information content (AvgIpc) is 3.26. The molecule has 8 heteroatoms. The third-order valence-corrected chi connectivity index (χ3v) is 6.98. The number of para-hydroxylation sites is 3. The van der Waals surface area contributed by atoms with Gasteiger partial charge in [-0.05, 0) is 44.2 Å². The highest BCUT2D eigenvalue weighted by Gasteiger charge is 2.29. The van der Waals surface area contributed by atoms with Gasteiger partial charge in [0, 0.05) is 25.4 Å². The van der Waals surface area contributed by atoms with Gasteiger partial charge in [0.15, 0.2) is 0 Å². The first-order chi connectivity index (χ1) is 17.8. The number of benzene rings is 3. The molecular weight excluding hydrogens is 466 g/mol. The van der Waals surface area contributed by atoms with Gasteiger partial charge in [-0.3, -0.25) is 19.0 Å². The van der Waals surface area contributed by atoms with E-state index >= 15 is 0 Å². The fourth-order valence-electron chi connectivity index (χ4n) is 4.84. The Morgan fingerprint density at radius 2 is 1.16 bits per heavy atom. The van der Waals surface area contributed by atoms with Gasteiger partial charge in [0.05, 0.1) is 28.7 Å². The molecule has 37 heavy (non-hydrogen) atoms. The molecule has 0 saturated carbocycles. The second kappa shape index (κ2) is 9.39. The SMILES string of the molecule is Cc1c(NC(c2ccccc2O)c2c(C)n(C)n(-c3ccccc3)c2=O)c(=O)n(-c2ccccc2)n1C. The molecule has 5 aromatic rings. The first kappa shape index (κ1) is 24.0. The Hall–Kier alpha value is -4.72. The lowest BCUT2D eigenvalue weighted by Gasteiger charge is -2.20.